The third kappa shape index (κ3) is 5.67. The highest BCUT2D eigenvalue weighted by atomic mass is 35.5. The number of hydrogen-bond donors (Lipinski definition) is 2. The fourth-order valence-corrected chi connectivity index (χ4v) is 2.67. The lowest BCUT2D eigenvalue weighted by molar-refractivity contribution is 0.291. The summed E-state index contributed by atoms with van der Waals surface area (Å²) in [5, 5.41) is 10.5. The maximum absolute atomic E-state index is 13.7. The molecule has 8 heteroatoms. The first kappa shape index (κ1) is 19.7. The fourth-order valence-electron chi connectivity index (χ4n) is 1.49. The van der Waals surface area contributed by atoms with Crippen LogP contribution in [0.1, 0.15) is 26.5 Å². The normalized spacial score (nSPS) is 13.1. The molecule has 0 fully saturated rings. The van der Waals surface area contributed by atoms with E-state index in [0.29, 0.717) is 18.7 Å². The first-order valence-electron chi connectivity index (χ1n) is 7.35. The summed E-state index contributed by atoms with van der Waals surface area (Å²) >= 11 is 5.67. The molecule has 0 atom stereocenters. The quantitative estimate of drug-likeness (QED) is 0.336. The van der Waals surface area contributed by atoms with Crippen LogP contribution < -0.4 is 5.32 Å². The Balaban J connectivity index is 2.62. The van der Waals surface area contributed by atoms with Crippen LogP contribution in [0.5, 0.6) is 0 Å². The minimum absolute atomic E-state index is 0.00202. The molecule has 0 aromatic carbocycles. The summed E-state index contributed by atoms with van der Waals surface area (Å²) in [6.07, 6.45) is 3.54. The molecule has 0 amide bonds. The van der Waals surface area contributed by atoms with Gasteiger partial charge in [-0.05, 0) is 29.7 Å². The monoisotopic (exact) mass is 358 g/mol. The molecule has 23 heavy (non-hydrogen) atoms. The van der Waals surface area contributed by atoms with Crippen molar-refractivity contribution in [2.45, 2.75) is 38.9 Å². The summed E-state index contributed by atoms with van der Waals surface area (Å²) in [5.74, 6) is -0.622. The second kappa shape index (κ2) is 7.99. The lowest BCUT2D eigenvalue weighted by atomic mass is 10.2. The molecule has 0 saturated heterocycles. The molecule has 0 unspecified atom stereocenters. The molecule has 0 bridgehead atoms. The molecule has 0 radical (unpaired) electrons. The van der Waals surface area contributed by atoms with E-state index in [1.165, 1.54) is 6.20 Å². The van der Waals surface area contributed by atoms with Crippen molar-refractivity contribution in [2.75, 3.05) is 13.2 Å². The molecule has 128 valence electrons. The van der Waals surface area contributed by atoms with Crippen LogP contribution >= 0.6 is 11.6 Å². The van der Waals surface area contributed by atoms with Gasteiger partial charge in [0.1, 0.15) is 5.69 Å². The van der Waals surface area contributed by atoms with Gasteiger partial charge in [0.2, 0.25) is 5.28 Å². The Morgan fingerprint density at radius 2 is 2.13 bits per heavy atom. The Labute approximate surface area is 143 Å². The van der Waals surface area contributed by atoms with Crippen molar-refractivity contribution >= 4 is 31.7 Å². The predicted molar refractivity (Wildman–Crippen MR) is 94.9 cm³/mol. The zero-order chi connectivity index (χ0) is 17.7. The molecule has 0 saturated carbocycles. The van der Waals surface area contributed by atoms with Gasteiger partial charge in [-0.15, -0.1) is 0 Å². The van der Waals surface area contributed by atoms with Gasteiger partial charge in [0, 0.05) is 24.5 Å². The summed E-state index contributed by atoms with van der Waals surface area (Å²) in [6.45, 7) is 12.0. The van der Waals surface area contributed by atoms with E-state index in [-0.39, 0.29) is 16.0 Å². The molecule has 5 nitrogen and oxygen atoms in total. The minimum Gasteiger partial charge on any atom is -0.415 e. The highest BCUT2D eigenvalue weighted by Gasteiger charge is 2.36. The van der Waals surface area contributed by atoms with E-state index in [4.69, 9.17) is 21.4 Å². The van der Waals surface area contributed by atoms with Crippen molar-refractivity contribution in [2.24, 2.45) is 0 Å². The van der Waals surface area contributed by atoms with Crippen LogP contribution in [0.4, 0.5) is 4.39 Å². The Hall–Kier alpha value is -1.31. The number of hydrogen-bond acceptors (Lipinski definition) is 5. The van der Waals surface area contributed by atoms with Crippen LogP contribution in [0, 0.1) is 11.2 Å². The van der Waals surface area contributed by atoms with Crippen LogP contribution in [-0.2, 0) is 4.43 Å². The van der Waals surface area contributed by atoms with Crippen LogP contribution in [0.15, 0.2) is 12.4 Å². The van der Waals surface area contributed by atoms with Crippen molar-refractivity contribution in [3.8, 4) is 0 Å². The van der Waals surface area contributed by atoms with E-state index in [1.807, 2.05) is 0 Å². The molecule has 0 aliphatic heterocycles. The molecular weight excluding hydrogens is 335 g/mol. The number of halogens is 2. The fraction of sp³-hybridized carbons (Fsp3) is 0.533. The number of nitrogens with zero attached hydrogens (tertiary/aromatic N) is 2. The van der Waals surface area contributed by atoms with Gasteiger partial charge in [0.25, 0.3) is 0 Å². The Morgan fingerprint density at radius 3 is 2.70 bits per heavy atom. The summed E-state index contributed by atoms with van der Waals surface area (Å²) in [4.78, 5) is 7.37. The van der Waals surface area contributed by atoms with Crippen LogP contribution in [-0.4, -0.2) is 37.7 Å². The third-order valence-electron chi connectivity index (χ3n) is 3.92. The Morgan fingerprint density at radius 1 is 1.48 bits per heavy atom. The zero-order valence-corrected chi connectivity index (χ0v) is 16.0. The standard InChI is InChI=1S/C15H24ClFN4OSi/c1-15(2,3)23(4,5)22-7-6-19-9-11(8-18)13-12(17)10-20-14(16)21-13/h8-10,18-19H,6-7H2,1-5H3/b11-9+,18-8?. The Kier molecular flexibility index (Phi) is 6.85. The predicted octanol–water partition coefficient (Wildman–Crippen LogP) is 3.87. The lowest BCUT2D eigenvalue weighted by Gasteiger charge is -2.36. The van der Waals surface area contributed by atoms with Crippen molar-refractivity contribution < 1.29 is 8.82 Å². The van der Waals surface area contributed by atoms with Gasteiger partial charge in [-0.3, -0.25) is 0 Å². The van der Waals surface area contributed by atoms with E-state index in [2.05, 4.69) is 49.1 Å². The first-order chi connectivity index (χ1) is 10.6. The van der Waals surface area contributed by atoms with Gasteiger partial charge in [-0.2, -0.15) is 0 Å². The molecule has 1 rings (SSSR count). The highest BCUT2D eigenvalue weighted by molar-refractivity contribution is 6.74. The van der Waals surface area contributed by atoms with Gasteiger partial charge in [-0.1, -0.05) is 20.8 Å². The minimum atomic E-state index is -1.77. The van der Waals surface area contributed by atoms with Crippen LogP contribution in [0.2, 0.25) is 23.4 Å². The second-order valence-electron chi connectivity index (χ2n) is 6.64. The summed E-state index contributed by atoms with van der Waals surface area (Å²) in [6, 6.07) is 0. The van der Waals surface area contributed by atoms with E-state index in [9.17, 15) is 4.39 Å². The molecule has 0 spiro atoms. The molecule has 2 N–H and O–H groups in total. The van der Waals surface area contributed by atoms with Crippen LogP contribution in [0.25, 0.3) is 5.57 Å². The van der Waals surface area contributed by atoms with Gasteiger partial charge in [-0.25, -0.2) is 14.4 Å². The van der Waals surface area contributed by atoms with Gasteiger partial charge >= 0.3 is 0 Å². The molecule has 1 heterocycles. The number of nitrogens with one attached hydrogen (secondary N) is 2. The Bertz CT molecular complexity index is 587. The van der Waals surface area contributed by atoms with E-state index in [0.717, 1.165) is 12.4 Å². The highest BCUT2D eigenvalue weighted by Crippen LogP contribution is 2.36. The SMILES string of the molecule is CC(C)(C)[Si](C)(C)OCCN/C=C(\C=N)c1nc(Cl)ncc1F. The molecular formula is C15H24ClFN4OSi. The maximum Gasteiger partial charge on any atom is 0.223 e. The van der Waals surface area contributed by atoms with Crippen molar-refractivity contribution in [1.82, 2.24) is 15.3 Å². The first-order valence-corrected chi connectivity index (χ1v) is 10.6. The largest absolute Gasteiger partial charge is 0.415 e. The molecule has 0 aliphatic carbocycles. The van der Waals surface area contributed by atoms with Gasteiger partial charge < -0.3 is 15.2 Å². The maximum atomic E-state index is 13.7. The number of rotatable bonds is 7. The molecule has 0 aliphatic rings. The lowest BCUT2D eigenvalue weighted by Crippen LogP contribution is -2.42. The second-order valence-corrected chi connectivity index (χ2v) is 11.8. The van der Waals surface area contributed by atoms with Crippen molar-refractivity contribution in [3.63, 3.8) is 0 Å². The number of allylic oxidation sites excluding steroid dienone is 1. The summed E-state index contributed by atoms with van der Waals surface area (Å²) < 4.78 is 19.7. The zero-order valence-electron chi connectivity index (χ0n) is 14.2. The topological polar surface area (TPSA) is 70.9 Å². The van der Waals surface area contributed by atoms with E-state index >= 15 is 0 Å². The molecule has 1 aromatic heterocycles. The summed E-state index contributed by atoms with van der Waals surface area (Å²) in [5.41, 5.74) is 0.289. The van der Waals surface area contributed by atoms with Gasteiger partial charge in [0.15, 0.2) is 14.1 Å². The average molecular weight is 359 g/mol. The average Bonchev–Trinajstić information content (AvgIpc) is 2.44. The van der Waals surface area contributed by atoms with E-state index < -0.39 is 14.1 Å². The van der Waals surface area contributed by atoms with Gasteiger partial charge in [0.05, 0.1) is 12.8 Å². The number of aromatic nitrogens is 2. The van der Waals surface area contributed by atoms with Crippen LogP contribution in [0.3, 0.4) is 0 Å². The smallest absolute Gasteiger partial charge is 0.223 e. The van der Waals surface area contributed by atoms with E-state index in [1.54, 1.807) is 0 Å². The third-order valence-corrected chi connectivity index (χ3v) is 8.64. The van der Waals surface area contributed by atoms with Crippen molar-refractivity contribution in [3.05, 3.63) is 29.2 Å². The molecule has 1 aromatic rings. The summed E-state index contributed by atoms with van der Waals surface area (Å²) in [7, 11) is -1.77. The van der Waals surface area contributed by atoms with Crippen molar-refractivity contribution in [1.29, 1.82) is 5.41 Å².